The maximum atomic E-state index is 13.5. The molecular formula is C31H44N2O4S. The Balaban J connectivity index is 1.91. The second-order valence-corrected chi connectivity index (χ2v) is 11.4. The molecule has 0 heterocycles. The summed E-state index contributed by atoms with van der Waals surface area (Å²) in [4.78, 5) is 25.3. The number of carboxylic acid groups (broad SMARTS) is 1. The van der Waals surface area contributed by atoms with E-state index in [9.17, 15) is 14.7 Å². The van der Waals surface area contributed by atoms with Gasteiger partial charge in [0.1, 0.15) is 11.8 Å². The molecule has 1 fully saturated rings. The maximum absolute atomic E-state index is 13.5. The summed E-state index contributed by atoms with van der Waals surface area (Å²) in [5, 5.41) is 16.2. The largest absolute Gasteiger partial charge is 0.496 e. The number of ether oxygens (including phenoxy) is 1. The number of rotatable bonds is 14. The molecule has 0 aromatic heterocycles. The van der Waals surface area contributed by atoms with Crippen molar-refractivity contribution in [2.24, 2.45) is 5.92 Å². The number of carbonyl (C=O) groups excluding carboxylic acids is 1. The third kappa shape index (κ3) is 8.24. The van der Waals surface area contributed by atoms with E-state index in [1.807, 2.05) is 43.5 Å². The van der Waals surface area contributed by atoms with E-state index in [2.05, 4.69) is 17.6 Å². The fraction of sp³-hybridized carbons (Fsp3) is 0.548. The van der Waals surface area contributed by atoms with Crippen molar-refractivity contribution in [1.29, 1.82) is 0 Å². The van der Waals surface area contributed by atoms with Crippen molar-refractivity contribution in [3.63, 3.8) is 0 Å². The van der Waals surface area contributed by atoms with Crippen LogP contribution in [-0.2, 0) is 11.3 Å². The first kappa shape index (κ1) is 30.0. The Hall–Kier alpha value is -2.51. The second kappa shape index (κ2) is 15.2. The summed E-state index contributed by atoms with van der Waals surface area (Å²) in [6.45, 7) is 4.90. The zero-order valence-electron chi connectivity index (χ0n) is 23.3. The molecule has 3 rings (SSSR count). The number of aryl methyl sites for hydroxylation is 1. The molecule has 0 bridgehead atoms. The van der Waals surface area contributed by atoms with Gasteiger partial charge in [0.25, 0.3) is 5.91 Å². The van der Waals surface area contributed by atoms with Gasteiger partial charge in [0, 0.05) is 18.2 Å². The van der Waals surface area contributed by atoms with Crippen molar-refractivity contribution >= 4 is 23.6 Å². The molecule has 0 radical (unpaired) electrons. The first-order valence-electron chi connectivity index (χ1n) is 13.9. The highest BCUT2D eigenvalue weighted by Gasteiger charge is 2.25. The van der Waals surface area contributed by atoms with Crippen LogP contribution < -0.4 is 15.4 Å². The highest BCUT2D eigenvalue weighted by atomic mass is 32.2. The number of hydrogen-bond acceptors (Lipinski definition) is 5. The summed E-state index contributed by atoms with van der Waals surface area (Å²) in [5.41, 5.74) is 4.19. The van der Waals surface area contributed by atoms with Crippen LogP contribution in [0.15, 0.2) is 36.4 Å². The van der Waals surface area contributed by atoms with E-state index in [0.29, 0.717) is 36.1 Å². The number of methoxy groups -OCH3 is 1. The molecule has 1 amide bonds. The van der Waals surface area contributed by atoms with Gasteiger partial charge < -0.3 is 20.5 Å². The zero-order chi connectivity index (χ0) is 27.5. The topological polar surface area (TPSA) is 87.7 Å². The van der Waals surface area contributed by atoms with Gasteiger partial charge in [-0.1, -0.05) is 63.3 Å². The van der Waals surface area contributed by atoms with Crippen LogP contribution in [-0.4, -0.2) is 48.2 Å². The average Bonchev–Trinajstić information content (AvgIpc) is 2.93. The Labute approximate surface area is 232 Å². The van der Waals surface area contributed by atoms with Crippen molar-refractivity contribution < 1.29 is 19.4 Å². The molecule has 7 heteroatoms. The molecule has 6 nitrogen and oxygen atoms in total. The monoisotopic (exact) mass is 540 g/mol. The summed E-state index contributed by atoms with van der Waals surface area (Å²) in [6, 6.07) is 11.3. The quantitative estimate of drug-likeness (QED) is 0.255. The van der Waals surface area contributed by atoms with Crippen LogP contribution in [0, 0.1) is 12.8 Å². The number of benzene rings is 2. The van der Waals surface area contributed by atoms with E-state index < -0.39 is 17.9 Å². The van der Waals surface area contributed by atoms with Gasteiger partial charge in [-0.2, -0.15) is 11.8 Å². The van der Waals surface area contributed by atoms with Crippen LogP contribution in [0.2, 0.25) is 0 Å². The summed E-state index contributed by atoms with van der Waals surface area (Å²) >= 11 is 1.56. The summed E-state index contributed by atoms with van der Waals surface area (Å²) in [6.07, 6.45) is 11.3. The molecule has 3 N–H and O–H groups in total. The van der Waals surface area contributed by atoms with Gasteiger partial charge in [-0.15, -0.1) is 0 Å². The smallest absolute Gasteiger partial charge is 0.326 e. The molecule has 208 valence electrons. The normalized spacial score (nSPS) is 15.6. The molecule has 0 spiro atoms. The molecule has 2 atom stereocenters. The second-order valence-electron chi connectivity index (χ2n) is 10.4. The van der Waals surface area contributed by atoms with Crippen LogP contribution in [0.1, 0.15) is 79.8 Å². The Kier molecular flexibility index (Phi) is 12.0. The number of carboxylic acids is 1. The van der Waals surface area contributed by atoms with Crippen molar-refractivity contribution in [2.45, 2.75) is 83.8 Å². The lowest BCUT2D eigenvalue weighted by atomic mass is 9.84. The molecule has 1 saturated carbocycles. The number of hydrogen-bond donors (Lipinski definition) is 3. The summed E-state index contributed by atoms with van der Waals surface area (Å²) < 4.78 is 5.75. The van der Waals surface area contributed by atoms with Gasteiger partial charge in [0.05, 0.1) is 12.7 Å². The van der Waals surface area contributed by atoms with E-state index in [1.54, 1.807) is 24.9 Å². The third-order valence-corrected chi connectivity index (χ3v) is 8.38. The number of nitrogens with one attached hydrogen (secondary N) is 2. The van der Waals surface area contributed by atoms with E-state index in [1.165, 1.54) is 38.5 Å². The van der Waals surface area contributed by atoms with E-state index in [4.69, 9.17) is 4.74 Å². The van der Waals surface area contributed by atoms with Gasteiger partial charge in [0.2, 0.25) is 0 Å². The van der Waals surface area contributed by atoms with Crippen LogP contribution >= 0.6 is 11.8 Å². The van der Waals surface area contributed by atoms with Crippen LogP contribution in [0.4, 0.5) is 0 Å². The molecule has 2 aromatic rings. The van der Waals surface area contributed by atoms with Gasteiger partial charge in [-0.05, 0) is 72.9 Å². The van der Waals surface area contributed by atoms with Gasteiger partial charge in [0.15, 0.2) is 0 Å². The number of carbonyl (C=O) groups is 2. The number of aliphatic carboxylic acids is 1. The average molecular weight is 541 g/mol. The number of amides is 1. The molecule has 1 aliphatic carbocycles. The Morgan fingerprint density at radius 3 is 2.50 bits per heavy atom. The molecule has 2 aromatic carbocycles. The third-order valence-electron chi connectivity index (χ3n) is 7.73. The van der Waals surface area contributed by atoms with Crippen LogP contribution in [0.25, 0.3) is 11.1 Å². The molecule has 38 heavy (non-hydrogen) atoms. The predicted octanol–water partition coefficient (Wildman–Crippen LogP) is 6.45. The highest BCUT2D eigenvalue weighted by molar-refractivity contribution is 7.98. The van der Waals surface area contributed by atoms with Crippen molar-refractivity contribution in [3.05, 3.63) is 53.1 Å². The SMILES string of the molecule is CC[C@H](CC1CCCCC1)NCc1cc(-c2ccccc2C)c(C(=O)N[C@@H](CCSC)C(=O)O)cc1OC. The Morgan fingerprint density at radius 1 is 1.13 bits per heavy atom. The van der Waals surface area contributed by atoms with E-state index in [-0.39, 0.29) is 0 Å². The van der Waals surface area contributed by atoms with Crippen molar-refractivity contribution in [1.82, 2.24) is 10.6 Å². The fourth-order valence-electron chi connectivity index (χ4n) is 5.44. The van der Waals surface area contributed by atoms with Gasteiger partial charge >= 0.3 is 5.97 Å². The van der Waals surface area contributed by atoms with Crippen molar-refractivity contribution in [2.75, 3.05) is 19.1 Å². The Morgan fingerprint density at radius 2 is 1.87 bits per heavy atom. The summed E-state index contributed by atoms with van der Waals surface area (Å²) in [5.74, 6) is 0.642. The lowest BCUT2D eigenvalue weighted by Crippen LogP contribution is -2.41. The fourth-order valence-corrected chi connectivity index (χ4v) is 5.91. The Bertz CT molecular complexity index is 1070. The van der Waals surface area contributed by atoms with Crippen LogP contribution in [0.3, 0.4) is 0 Å². The van der Waals surface area contributed by atoms with Gasteiger partial charge in [-0.25, -0.2) is 4.79 Å². The maximum Gasteiger partial charge on any atom is 0.326 e. The lowest BCUT2D eigenvalue weighted by molar-refractivity contribution is -0.139. The van der Waals surface area contributed by atoms with E-state index in [0.717, 1.165) is 34.6 Å². The first-order valence-corrected chi connectivity index (χ1v) is 15.3. The minimum absolute atomic E-state index is 0.362. The zero-order valence-corrected chi connectivity index (χ0v) is 24.2. The molecular weight excluding hydrogens is 496 g/mol. The summed E-state index contributed by atoms with van der Waals surface area (Å²) in [7, 11) is 1.62. The highest BCUT2D eigenvalue weighted by Crippen LogP contribution is 2.34. The number of thioether (sulfide) groups is 1. The molecule has 1 aliphatic rings. The van der Waals surface area contributed by atoms with E-state index >= 15 is 0 Å². The lowest BCUT2D eigenvalue weighted by Gasteiger charge is -2.27. The standard InChI is InChI=1S/C31H44N2O4S/c1-5-24(17-22-12-7-6-8-13-22)32-20-23-18-26(25-14-10-9-11-21(25)2)27(19-29(23)37-3)30(34)33-28(31(35)36)15-16-38-4/h9-11,14,18-19,22,24,28,32H,5-8,12-13,15-17,20H2,1-4H3,(H,33,34)(H,35,36)/t24-,28+/m1/s1. The molecule has 0 aliphatic heterocycles. The molecule has 0 unspecified atom stereocenters. The minimum Gasteiger partial charge on any atom is -0.496 e. The molecule has 0 saturated heterocycles. The van der Waals surface area contributed by atoms with Crippen LogP contribution in [0.5, 0.6) is 5.75 Å². The predicted molar refractivity (Wildman–Crippen MR) is 157 cm³/mol. The minimum atomic E-state index is -1.03. The van der Waals surface area contributed by atoms with Crippen molar-refractivity contribution in [3.8, 4) is 16.9 Å². The first-order chi connectivity index (χ1) is 18.4. The van der Waals surface area contributed by atoms with Gasteiger partial charge in [-0.3, -0.25) is 4.79 Å².